The number of rotatable bonds is 7. The van der Waals surface area contributed by atoms with Gasteiger partial charge in [-0.2, -0.15) is 5.10 Å². The van der Waals surface area contributed by atoms with Gasteiger partial charge in [0.1, 0.15) is 35.2 Å². The lowest BCUT2D eigenvalue weighted by Gasteiger charge is -2.42. The number of ether oxygens (including phenoxy) is 1. The fourth-order valence-corrected chi connectivity index (χ4v) is 7.21. The van der Waals surface area contributed by atoms with E-state index in [0.717, 1.165) is 108 Å². The number of fused-ring (bicyclic) bond motifs is 2. The monoisotopic (exact) mass is 615 g/mol. The number of hydrogen-bond donors (Lipinski definition) is 2. The van der Waals surface area contributed by atoms with E-state index in [0.29, 0.717) is 18.3 Å². The number of anilines is 2. The van der Waals surface area contributed by atoms with E-state index in [1.807, 2.05) is 30.5 Å². The minimum atomic E-state index is 0.256. The largest absolute Gasteiger partial charge is 0.496 e. The zero-order chi connectivity index (χ0) is 31.0. The minimum absolute atomic E-state index is 0.256. The molecule has 12 heteroatoms. The number of nitrogen functional groups attached to an aromatic ring is 1. The highest BCUT2D eigenvalue weighted by molar-refractivity contribution is 5.99. The molecule has 12 nitrogen and oxygen atoms in total. The highest BCUT2D eigenvalue weighted by Gasteiger charge is 2.31. The summed E-state index contributed by atoms with van der Waals surface area (Å²) in [5.74, 6) is 3.14. The highest BCUT2D eigenvalue weighted by atomic mass is 16.5. The molecule has 0 atom stereocenters. The van der Waals surface area contributed by atoms with Crippen molar-refractivity contribution in [3.8, 4) is 17.0 Å². The molecule has 2 aliphatic rings. The van der Waals surface area contributed by atoms with Gasteiger partial charge < -0.3 is 20.4 Å². The summed E-state index contributed by atoms with van der Waals surface area (Å²) in [5, 5.41) is 5.98. The van der Waals surface area contributed by atoms with E-state index < -0.39 is 0 Å². The van der Waals surface area contributed by atoms with Crippen LogP contribution in [0.15, 0.2) is 67.4 Å². The normalized spacial score (nSPS) is 19.2. The summed E-state index contributed by atoms with van der Waals surface area (Å²) in [6.07, 6.45) is 11.9. The standard InChI is InChI=1S/C34H37N11O/c1-46-28-5-3-2-4-22(28)19-29-40-26-11-6-23(18-27(26)41-29)32-31-33(35)38-21-39-34(31)45(42-32)25-9-7-24(8-10-25)43-14-16-44(17-15-43)30-20-36-12-13-37-30/h2-6,11-13,18,20-21,24-25H,7-10,14-17,19H2,1H3,(H,40,41)(H2,35,38,39). The van der Waals surface area contributed by atoms with Crippen LogP contribution in [0, 0.1) is 0 Å². The van der Waals surface area contributed by atoms with E-state index in [9.17, 15) is 0 Å². The third-order valence-corrected chi connectivity index (χ3v) is 9.59. The number of nitrogens with two attached hydrogens (primary N) is 1. The third-order valence-electron chi connectivity index (χ3n) is 9.59. The van der Waals surface area contributed by atoms with Crippen molar-refractivity contribution in [3.63, 3.8) is 0 Å². The van der Waals surface area contributed by atoms with E-state index >= 15 is 0 Å². The molecule has 8 rings (SSSR count). The Kier molecular flexibility index (Phi) is 7.41. The first kappa shape index (κ1) is 28.4. The number of hydrogen-bond acceptors (Lipinski definition) is 10. The number of benzene rings is 2. The first-order valence-electron chi connectivity index (χ1n) is 16.0. The summed E-state index contributed by atoms with van der Waals surface area (Å²) < 4.78 is 7.65. The molecule has 2 fully saturated rings. The Balaban J connectivity index is 1.01. The van der Waals surface area contributed by atoms with Crippen LogP contribution in [0.1, 0.15) is 43.1 Å². The average molecular weight is 616 g/mol. The molecule has 2 aromatic carbocycles. The summed E-state index contributed by atoms with van der Waals surface area (Å²) in [7, 11) is 1.69. The van der Waals surface area contributed by atoms with Gasteiger partial charge in [-0.25, -0.2) is 24.6 Å². The fourth-order valence-electron chi connectivity index (χ4n) is 7.21. The average Bonchev–Trinajstić information content (AvgIpc) is 3.71. The maximum Gasteiger partial charge on any atom is 0.164 e. The summed E-state index contributed by atoms with van der Waals surface area (Å²) in [5.41, 5.74) is 12.0. The van der Waals surface area contributed by atoms with E-state index in [1.165, 1.54) is 0 Å². The Morgan fingerprint density at radius 3 is 2.57 bits per heavy atom. The second-order valence-electron chi connectivity index (χ2n) is 12.2. The molecule has 1 aliphatic carbocycles. The minimum Gasteiger partial charge on any atom is -0.496 e. The molecule has 0 spiro atoms. The van der Waals surface area contributed by atoms with Crippen molar-refractivity contribution in [2.24, 2.45) is 0 Å². The van der Waals surface area contributed by atoms with Gasteiger partial charge in [0, 0.05) is 62.2 Å². The maximum atomic E-state index is 6.48. The smallest absolute Gasteiger partial charge is 0.164 e. The van der Waals surface area contributed by atoms with Gasteiger partial charge in [-0.1, -0.05) is 24.3 Å². The molecule has 46 heavy (non-hydrogen) atoms. The van der Waals surface area contributed by atoms with Crippen molar-refractivity contribution in [2.45, 2.75) is 44.2 Å². The number of para-hydroxylation sites is 1. The first-order chi connectivity index (χ1) is 22.6. The number of nitrogens with zero attached hydrogens (tertiary/aromatic N) is 9. The quantitative estimate of drug-likeness (QED) is 0.261. The van der Waals surface area contributed by atoms with Crippen molar-refractivity contribution >= 4 is 33.7 Å². The zero-order valence-electron chi connectivity index (χ0n) is 25.9. The predicted molar refractivity (Wildman–Crippen MR) is 178 cm³/mol. The molecule has 0 amide bonds. The lowest BCUT2D eigenvalue weighted by atomic mass is 9.90. The van der Waals surface area contributed by atoms with Crippen LogP contribution in [-0.4, -0.2) is 83.9 Å². The Bertz CT molecular complexity index is 1970. The topological polar surface area (TPSA) is 140 Å². The van der Waals surface area contributed by atoms with Crippen LogP contribution in [0.2, 0.25) is 0 Å². The molecule has 3 N–H and O–H groups in total. The molecule has 0 bridgehead atoms. The molecule has 5 heterocycles. The Hall–Kier alpha value is -5.10. The summed E-state index contributed by atoms with van der Waals surface area (Å²) in [4.78, 5) is 31.1. The molecule has 0 unspecified atom stereocenters. The van der Waals surface area contributed by atoms with Gasteiger partial charge in [0.05, 0.1) is 35.8 Å². The van der Waals surface area contributed by atoms with Crippen molar-refractivity contribution in [3.05, 3.63) is 78.8 Å². The van der Waals surface area contributed by atoms with Gasteiger partial charge in [-0.3, -0.25) is 9.88 Å². The number of imidazole rings is 1. The molecule has 4 aromatic heterocycles. The molecular weight excluding hydrogens is 578 g/mol. The van der Waals surface area contributed by atoms with Crippen LogP contribution in [0.25, 0.3) is 33.3 Å². The van der Waals surface area contributed by atoms with Gasteiger partial charge in [0.15, 0.2) is 5.65 Å². The number of nitrogens with one attached hydrogen (secondary N) is 1. The Morgan fingerprint density at radius 1 is 0.935 bits per heavy atom. The van der Waals surface area contributed by atoms with Gasteiger partial charge in [0.2, 0.25) is 0 Å². The molecule has 0 radical (unpaired) electrons. The molecular formula is C34H37N11O. The zero-order valence-corrected chi connectivity index (χ0v) is 25.9. The molecule has 6 aromatic rings. The summed E-state index contributed by atoms with van der Waals surface area (Å²) in [6.45, 7) is 4.04. The van der Waals surface area contributed by atoms with E-state index in [-0.39, 0.29) is 6.04 Å². The van der Waals surface area contributed by atoms with Crippen LogP contribution < -0.4 is 15.4 Å². The molecule has 1 saturated carbocycles. The highest BCUT2D eigenvalue weighted by Crippen LogP contribution is 2.38. The van der Waals surface area contributed by atoms with Crippen LogP contribution in [-0.2, 0) is 6.42 Å². The third kappa shape index (κ3) is 5.28. The van der Waals surface area contributed by atoms with Crippen LogP contribution in [0.4, 0.5) is 11.6 Å². The SMILES string of the molecule is COc1ccccc1Cc1nc2ccc(-c3nn(C4CCC(N5CCN(c6cnccn6)CC5)CC4)c4ncnc(N)c34)cc2[nH]1. The van der Waals surface area contributed by atoms with Gasteiger partial charge in [0.25, 0.3) is 0 Å². The Labute approximate surface area is 266 Å². The van der Waals surface area contributed by atoms with Gasteiger partial charge >= 0.3 is 0 Å². The molecule has 1 aliphatic heterocycles. The van der Waals surface area contributed by atoms with Crippen molar-refractivity contribution in [1.82, 2.24) is 44.6 Å². The van der Waals surface area contributed by atoms with Crippen molar-refractivity contribution in [1.29, 1.82) is 0 Å². The van der Waals surface area contributed by atoms with Gasteiger partial charge in [-0.05, 0) is 43.9 Å². The second kappa shape index (κ2) is 12.0. The fraction of sp³-hybridized carbons (Fsp3) is 0.353. The Morgan fingerprint density at radius 2 is 1.76 bits per heavy atom. The van der Waals surface area contributed by atoms with Crippen LogP contribution in [0.5, 0.6) is 5.75 Å². The maximum absolute atomic E-state index is 6.48. The van der Waals surface area contributed by atoms with Crippen LogP contribution in [0.3, 0.4) is 0 Å². The predicted octanol–water partition coefficient (Wildman–Crippen LogP) is 4.65. The number of piperazine rings is 1. The van der Waals surface area contributed by atoms with E-state index in [2.05, 4.69) is 57.6 Å². The van der Waals surface area contributed by atoms with E-state index in [1.54, 1.807) is 25.8 Å². The van der Waals surface area contributed by atoms with Crippen molar-refractivity contribution in [2.75, 3.05) is 43.9 Å². The number of aromatic nitrogens is 8. The molecule has 1 saturated heterocycles. The van der Waals surface area contributed by atoms with Gasteiger partial charge in [-0.15, -0.1) is 0 Å². The lowest BCUT2D eigenvalue weighted by molar-refractivity contribution is 0.129. The number of H-pyrrole nitrogens is 1. The van der Waals surface area contributed by atoms with Crippen LogP contribution >= 0.6 is 0 Å². The lowest BCUT2D eigenvalue weighted by Crippen LogP contribution is -2.51. The first-order valence-corrected chi connectivity index (χ1v) is 16.0. The summed E-state index contributed by atoms with van der Waals surface area (Å²) in [6, 6.07) is 15.1. The molecule has 234 valence electrons. The van der Waals surface area contributed by atoms with E-state index in [4.69, 9.17) is 20.6 Å². The number of aromatic amines is 1. The number of methoxy groups -OCH3 is 1. The second-order valence-corrected chi connectivity index (χ2v) is 12.2. The van der Waals surface area contributed by atoms with Crippen molar-refractivity contribution < 1.29 is 4.74 Å². The summed E-state index contributed by atoms with van der Waals surface area (Å²) >= 11 is 0.